The molecule has 2 aromatic heterocycles. The smallest absolute Gasteiger partial charge is 0.351 e. The standard InChI is InChI=1S/C25H29N5O4/c1-24(2,31)9-7-17-5-4-6-20(11-17)25(32,33)34-22-12-18(13-27-23(22)26)19-14-28-30(15-19)21-8-10-29(3)16-21/h4-6,11-15,21,31-33H,8,10,16H2,1-3H3,(H2,26,27). The van der Waals surface area contributed by atoms with Crippen molar-refractivity contribution in [3.63, 3.8) is 0 Å². The van der Waals surface area contributed by atoms with E-state index in [-0.39, 0.29) is 17.1 Å². The molecule has 1 aromatic carbocycles. The number of likely N-dealkylation sites (N-methyl/N-ethyl adjacent to an activating group) is 1. The van der Waals surface area contributed by atoms with Gasteiger partial charge in [0.15, 0.2) is 11.6 Å². The van der Waals surface area contributed by atoms with Crippen LogP contribution in [0.4, 0.5) is 5.82 Å². The molecule has 5 N–H and O–H groups in total. The zero-order valence-electron chi connectivity index (χ0n) is 19.4. The fourth-order valence-electron chi connectivity index (χ4n) is 3.75. The van der Waals surface area contributed by atoms with Crippen LogP contribution in [0.15, 0.2) is 48.9 Å². The van der Waals surface area contributed by atoms with E-state index in [0.717, 1.165) is 25.1 Å². The van der Waals surface area contributed by atoms with Crippen LogP contribution in [0.2, 0.25) is 0 Å². The Morgan fingerprint density at radius 1 is 1.15 bits per heavy atom. The fraction of sp³-hybridized carbons (Fsp3) is 0.360. The summed E-state index contributed by atoms with van der Waals surface area (Å²) >= 11 is 0. The van der Waals surface area contributed by atoms with Gasteiger partial charge >= 0.3 is 5.97 Å². The van der Waals surface area contributed by atoms with Crippen molar-refractivity contribution in [1.29, 1.82) is 0 Å². The molecule has 1 aliphatic heterocycles. The second-order valence-electron chi connectivity index (χ2n) is 9.12. The number of pyridine rings is 1. The zero-order chi connectivity index (χ0) is 24.5. The average Bonchev–Trinajstić information content (AvgIpc) is 3.43. The molecule has 9 nitrogen and oxygen atoms in total. The van der Waals surface area contributed by atoms with E-state index in [4.69, 9.17) is 10.5 Å². The maximum atomic E-state index is 10.7. The van der Waals surface area contributed by atoms with Gasteiger partial charge in [-0.1, -0.05) is 17.9 Å². The highest BCUT2D eigenvalue weighted by molar-refractivity contribution is 5.66. The second-order valence-corrected chi connectivity index (χ2v) is 9.12. The molecule has 1 aliphatic rings. The van der Waals surface area contributed by atoms with Crippen molar-refractivity contribution in [3.05, 3.63) is 60.0 Å². The Balaban J connectivity index is 1.57. The molecular weight excluding hydrogens is 434 g/mol. The van der Waals surface area contributed by atoms with Gasteiger partial charge < -0.3 is 30.7 Å². The van der Waals surface area contributed by atoms with Gasteiger partial charge in [-0.05, 0) is 58.1 Å². The predicted molar refractivity (Wildman–Crippen MR) is 127 cm³/mol. The number of nitrogens with zero attached hydrogens (tertiary/aromatic N) is 4. The van der Waals surface area contributed by atoms with Gasteiger partial charge in [0.05, 0.1) is 17.8 Å². The number of rotatable bonds is 5. The Kier molecular flexibility index (Phi) is 6.34. The molecule has 0 spiro atoms. The van der Waals surface area contributed by atoms with Gasteiger partial charge in [-0.3, -0.25) is 4.68 Å². The van der Waals surface area contributed by atoms with Crippen LogP contribution in [0, 0.1) is 11.8 Å². The molecule has 3 aromatic rings. The normalized spacial score (nSPS) is 16.8. The first-order chi connectivity index (χ1) is 16.0. The first kappa shape index (κ1) is 23.7. The number of hydrogen-bond donors (Lipinski definition) is 4. The first-order valence-corrected chi connectivity index (χ1v) is 11.0. The van der Waals surface area contributed by atoms with Crippen LogP contribution in [0.1, 0.15) is 37.4 Å². The molecule has 0 radical (unpaired) electrons. The van der Waals surface area contributed by atoms with E-state index in [2.05, 4.69) is 33.9 Å². The van der Waals surface area contributed by atoms with Crippen molar-refractivity contribution in [2.75, 3.05) is 25.9 Å². The van der Waals surface area contributed by atoms with Crippen LogP contribution in [0.3, 0.4) is 0 Å². The molecule has 1 atom stereocenters. The van der Waals surface area contributed by atoms with Gasteiger partial charge in [0.2, 0.25) is 0 Å². The van der Waals surface area contributed by atoms with Crippen LogP contribution in [0.5, 0.6) is 5.75 Å². The third-order valence-electron chi connectivity index (χ3n) is 5.56. The van der Waals surface area contributed by atoms with Crippen LogP contribution in [-0.4, -0.2) is 60.7 Å². The summed E-state index contributed by atoms with van der Waals surface area (Å²) in [6, 6.07) is 8.17. The Hall–Kier alpha value is -3.42. The summed E-state index contributed by atoms with van der Waals surface area (Å²) in [5, 5.41) is 35.7. The van der Waals surface area contributed by atoms with Crippen LogP contribution in [0.25, 0.3) is 11.1 Å². The summed E-state index contributed by atoms with van der Waals surface area (Å²) < 4.78 is 7.44. The lowest BCUT2D eigenvalue weighted by Gasteiger charge is -2.24. The number of likely N-dealkylation sites (tertiary alicyclic amines) is 1. The van der Waals surface area contributed by atoms with E-state index < -0.39 is 11.6 Å². The summed E-state index contributed by atoms with van der Waals surface area (Å²) in [7, 11) is 2.09. The average molecular weight is 464 g/mol. The quantitative estimate of drug-likeness (QED) is 0.332. The summed E-state index contributed by atoms with van der Waals surface area (Å²) in [6.45, 7) is 5.09. The fourth-order valence-corrected chi connectivity index (χ4v) is 3.75. The lowest BCUT2D eigenvalue weighted by atomic mass is 10.1. The molecule has 0 aliphatic carbocycles. The molecule has 3 heterocycles. The maximum Gasteiger partial charge on any atom is 0.351 e. The second kappa shape index (κ2) is 9.08. The molecule has 1 unspecified atom stereocenters. The summed E-state index contributed by atoms with van der Waals surface area (Å²) in [6.07, 6.45) is 6.30. The van der Waals surface area contributed by atoms with Crippen LogP contribution < -0.4 is 10.5 Å². The number of aromatic nitrogens is 3. The molecule has 1 fully saturated rings. The minimum absolute atomic E-state index is 0.0130. The number of ether oxygens (including phenoxy) is 1. The number of anilines is 1. The Morgan fingerprint density at radius 3 is 2.65 bits per heavy atom. The van der Waals surface area contributed by atoms with Crippen LogP contribution >= 0.6 is 0 Å². The lowest BCUT2D eigenvalue weighted by Crippen LogP contribution is -2.32. The summed E-state index contributed by atoms with van der Waals surface area (Å²) in [4.78, 5) is 6.42. The Bertz CT molecular complexity index is 1240. The van der Waals surface area contributed by atoms with Crippen molar-refractivity contribution in [2.24, 2.45) is 0 Å². The molecule has 34 heavy (non-hydrogen) atoms. The third-order valence-corrected chi connectivity index (χ3v) is 5.56. The predicted octanol–water partition coefficient (Wildman–Crippen LogP) is 1.70. The van der Waals surface area contributed by atoms with Gasteiger partial charge in [0, 0.05) is 35.6 Å². The molecule has 1 saturated heterocycles. The minimum atomic E-state index is -2.68. The molecule has 0 bridgehead atoms. The highest BCUT2D eigenvalue weighted by Crippen LogP contribution is 2.32. The molecule has 178 valence electrons. The monoisotopic (exact) mass is 463 g/mol. The van der Waals surface area contributed by atoms with Gasteiger partial charge in [0.25, 0.3) is 0 Å². The number of benzene rings is 1. The molecular formula is C25H29N5O4. The van der Waals surface area contributed by atoms with Gasteiger partial charge in [-0.25, -0.2) is 4.98 Å². The topological polar surface area (TPSA) is 130 Å². The highest BCUT2D eigenvalue weighted by Gasteiger charge is 2.30. The van der Waals surface area contributed by atoms with E-state index in [9.17, 15) is 15.3 Å². The van der Waals surface area contributed by atoms with E-state index in [1.165, 1.54) is 12.1 Å². The number of nitrogens with two attached hydrogens (primary N) is 1. The number of aliphatic hydroxyl groups is 3. The Morgan fingerprint density at radius 2 is 1.94 bits per heavy atom. The minimum Gasteiger partial charge on any atom is -0.432 e. The molecule has 0 saturated carbocycles. The third kappa shape index (κ3) is 5.55. The van der Waals surface area contributed by atoms with E-state index in [1.807, 2.05) is 10.9 Å². The van der Waals surface area contributed by atoms with Gasteiger partial charge in [0.1, 0.15) is 5.60 Å². The van der Waals surface area contributed by atoms with Crippen molar-refractivity contribution >= 4 is 5.82 Å². The molecule has 0 amide bonds. The highest BCUT2D eigenvalue weighted by atomic mass is 16.8. The summed E-state index contributed by atoms with van der Waals surface area (Å²) in [5.41, 5.74) is 6.83. The van der Waals surface area contributed by atoms with E-state index in [1.54, 1.807) is 44.4 Å². The van der Waals surface area contributed by atoms with Gasteiger partial charge in [-0.15, -0.1) is 0 Å². The van der Waals surface area contributed by atoms with Crippen molar-refractivity contribution in [2.45, 2.75) is 37.9 Å². The zero-order valence-corrected chi connectivity index (χ0v) is 19.4. The van der Waals surface area contributed by atoms with E-state index in [0.29, 0.717) is 17.2 Å². The maximum absolute atomic E-state index is 10.7. The van der Waals surface area contributed by atoms with Gasteiger partial charge in [-0.2, -0.15) is 5.10 Å². The number of nitrogen functional groups attached to an aromatic ring is 1. The lowest BCUT2D eigenvalue weighted by molar-refractivity contribution is -0.303. The van der Waals surface area contributed by atoms with Crippen molar-refractivity contribution in [3.8, 4) is 28.7 Å². The molecule has 4 rings (SSSR count). The van der Waals surface area contributed by atoms with Crippen molar-refractivity contribution in [1.82, 2.24) is 19.7 Å². The van der Waals surface area contributed by atoms with Crippen LogP contribution in [-0.2, 0) is 5.97 Å². The summed E-state index contributed by atoms with van der Waals surface area (Å²) in [5.74, 6) is 2.84. The Labute approximate surface area is 198 Å². The first-order valence-electron chi connectivity index (χ1n) is 11.0. The molecule has 9 heteroatoms. The largest absolute Gasteiger partial charge is 0.432 e. The van der Waals surface area contributed by atoms with Crippen molar-refractivity contribution < 1.29 is 20.1 Å². The van der Waals surface area contributed by atoms with E-state index >= 15 is 0 Å². The SMILES string of the molecule is CN1CCC(n2cc(-c3cnc(N)c(OC(O)(O)c4cccc(C#CC(C)(C)O)c4)c3)cn2)C1. The number of hydrogen-bond acceptors (Lipinski definition) is 8.